The number of benzene rings is 3. The minimum atomic E-state index is -0.0118. The molecule has 0 saturated carbocycles. The van der Waals surface area contributed by atoms with Gasteiger partial charge in [0.25, 0.3) is 5.91 Å². The van der Waals surface area contributed by atoms with Gasteiger partial charge in [0.1, 0.15) is 0 Å². The van der Waals surface area contributed by atoms with E-state index in [-0.39, 0.29) is 5.91 Å². The van der Waals surface area contributed by atoms with E-state index in [1.165, 1.54) is 11.1 Å². The number of rotatable bonds is 8. The number of morpholine rings is 1. The quantitative estimate of drug-likeness (QED) is 0.600. The first-order valence-corrected chi connectivity index (χ1v) is 11.1. The lowest BCUT2D eigenvalue weighted by atomic mass is 9.99. The Balaban J connectivity index is 1.35. The Labute approximate surface area is 184 Å². The Hall–Kier alpha value is -2.95. The van der Waals surface area contributed by atoms with Crippen LogP contribution < -0.4 is 5.32 Å². The standard InChI is InChI=1S/C27H30N2O2/c30-27(26-12-5-4-11-25(26)14-13-22-7-2-1-3-8-22)28-20-23-9-6-10-24(19-23)21-29-15-17-31-18-16-29/h1-12,19H,13-18,20-21H2,(H,28,30). The first-order chi connectivity index (χ1) is 15.3. The maximum Gasteiger partial charge on any atom is 0.251 e. The zero-order valence-corrected chi connectivity index (χ0v) is 17.9. The van der Waals surface area contributed by atoms with E-state index >= 15 is 0 Å². The van der Waals surface area contributed by atoms with Crippen LogP contribution in [0.1, 0.15) is 32.6 Å². The lowest BCUT2D eigenvalue weighted by Crippen LogP contribution is -2.35. The number of aryl methyl sites for hydroxylation is 2. The van der Waals surface area contributed by atoms with Crippen molar-refractivity contribution in [2.24, 2.45) is 0 Å². The van der Waals surface area contributed by atoms with Crippen molar-refractivity contribution in [3.63, 3.8) is 0 Å². The highest BCUT2D eigenvalue weighted by molar-refractivity contribution is 5.95. The molecule has 31 heavy (non-hydrogen) atoms. The van der Waals surface area contributed by atoms with Gasteiger partial charge in [-0.05, 0) is 41.2 Å². The van der Waals surface area contributed by atoms with Crippen molar-refractivity contribution in [1.82, 2.24) is 10.2 Å². The second-order valence-electron chi connectivity index (χ2n) is 8.03. The maximum absolute atomic E-state index is 12.9. The van der Waals surface area contributed by atoms with Gasteiger partial charge < -0.3 is 10.1 Å². The summed E-state index contributed by atoms with van der Waals surface area (Å²) in [5.41, 5.74) is 5.54. The molecule has 160 valence electrons. The molecule has 4 nitrogen and oxygen atoms in total. The topological polar surface area (TPSA) is 41.6 Å². The van der Waals surface area contributed by atoms with Crippen LogP contribution in [0.5, 0.6) is 0 Å². The van der Waals surface area contributed by atoms with Crippen molar-refractivity contribution in [1.29, 1.82) is 0 Å². The summed E-state index contributed by atoms with van der Waals surface area (Å²) in [5, 5.41) is 3.11. The fraction of sp³-hybridized carbons (Fsp3) is 0.296. The molecule has 1 fully saturated rings. The molecule has 1 heterocycles. The van der Waals surface area contributed by atoms with E-state index in [1.807, 2.05) is 24.3 Å². The fourth-order valence-corrected chi connectivity index (χ4v) is 4.02. The molecule has 1 N–H and O–H groups in total. The molecule has 0 aromatic heterocycles. The highest BCUT2D eigenvalue weighted by Gasteiger charge is 2.12. The smallest absolute Gasteiger partial charge is 0.251 e. The third kappa shape index (κ3) is 6.27. The van der Waals surface area contributed by atoms with Gasteiger partial charge in [-0.2, -0.15) is 0 Å². The number of nitrogens with one attached hydrogen (secondary N) is 1. The lowest BCUT2D eigenvalue weighted by molar-refractivity contribution is 0.0342. The van der Waals surface area contributed by atoms with E-state index in [0.29, 0.717) is 6.54 Å². The molecule has 0 aliphatic carbocycles. The SMILES string of the molecule is O=C(NCc1cccc(CN2CCOCC2)c1)c1ccccc1CCc1ccccc1. The summed E-state index contributed by atoms with van der Waals surface area (Å²) in [6, 6.07) is 26.8. The van der Waals surface area contributed by atoms with Gasteiger partial charge in [-0.3, -0.25) is 9.69 Å². The Morgan fingerprint density at radius 3 is 2.35 bits per heavy atom. The van der Waals surface area contributed by atoms with E-state index in [0.717, 1.165) is 62.4 Å². The van der Waals surface area contributed by atoms with Gasteiger partial charge >= 0.3 is 0 Å². The van der Waals surface area contributed by atoms with Gasteiger partial charge in [0, 0.05) is 31.7 Å². The van der Waals surface area contributed by atoms with E-state index in [2.05, 4.69) is 64.8 Å². The number of ether oxygens (including phenoxy) is 1. The number of hydrogen-bond donors (Lipinski definition) is 1. The van der Waals surface area contributed by atoms with Crippen LogP contribution in [0.15, 0.2) is 78.9 Å². The van der Waals surface area contributed by atoms with E-state index in [1.54, 1.807) is 0 Å². The van der Waals surface area contributed by atoms with Crippen LogP contribution in [0.2, 0.25) is 0 Å². The molecule has 1 amide bonds. The van der Waals surface area contributed by atoms with Gasteiger partial charge in [-0.1, -0.05) is 72.8 Å². The summed E-state index contributed by atoms with van der Waals surface area (Å²) < 4.78 is 5.43. The molecule has 0 spiro atoms. The third-order valence-corrected chi connectivity index (χ3v) is 5.74. The molecule has 3 aromatic carbocycles. The van der Waals surface area contributed by atoms with Crippen LogP contribution >= 0.6 is 0 Å². The molecular formula is C27H30N2O2. The van der Waals surface area contributed by atoms with Crippen LogP contribution in [0.4, 0.5) is 0 Å². The Morgan fingerprint density at radius 2 is 1.52 bits per heavy atom. The molecule has 1 aliphatic heterocycles. The van der Waals surface area contributed by atoms with Crippen LogP contribution in [0.25, 0.3) is 0 Å². The number of carbonyl (C=O) groups excluding carboxylic acids is 1. The Bertz CT molecular complexity index is 981. The molecular weight excluding hydrogens is 384 g/mol. The summed E-state index contributed by atoms with van der Waals surface area (Å²) in [6.07, 6.45) is 1.78. The van der Waals surface area contributed by atoms with Crippen LogP contribution in [0, 0.1) is 0 Å². The molecule has 0 unspecified atom stereocenters. The second kappa shape index (κ2) is 10.9. The molecule has 0 atom stereocenters. The van der Waals surface area contributed by atoms with Gasteiger partial charge in [0.15, 0.2) is 0 Å². The average molecular weight is 415 g/mol. The van der Waals surface area contributed by atoms with Gasteiger partial charge in [-0.15, -0.1) is 0 Å². The van der Waals surface area contributed by atoms with Crippen molar-refractivity contribution >= 4 is 5.91 Å². The summed E-state index contributed by atoms with van der Waals surface area (Å²) in [4.78, 5) is 15.3. The summed E-state index contributed by atoms with van der Waals surface area (Å²) in [7, 11) is 0. The minimum absolute atomic E-state index is 0.0118. The van der Waals surface area contributed by atoms with E-state index < -0.39 is 0 Å². The number of carbonyl (C=O) groups is 1. The van der Waals surface area contributed by atoms with Crippen molar-refractivity contribution in [3.05, 3.63) is 107 Å². The van der Waals surface area contributed by atoms with Crippen LogP contribution in [-0.2, 0) is 30.7 Å². The second-order valence-corrected chi connectivity index (χ2v) is 8.03. The predicted molar refractivity (Wildman–Crippen MR) is 124 cm³/mol. The van der Waals surface area contributed by atoms with Crippen molar-refractivity contribution < 1.29 is 9.53 Å². The highest BCUT2D eigenvalue weighted by atomic mass is 16.5. The molecule has 1 aliphatic rings. The van der Waals surface area contributed by atoms with E-state index in [9.17, 15) is 4.79 Å². The molecule has 4 heteroatoms. The number of nitrogens with zero attached hydrogens (tertiary/aromatic N) is 1. The molecule has 4 rings (SSSR count). The van der Waals surface area contributed by atoms with Gasteiger partial charge in [0.2, 0.25) is 0 Å². The first-order valence-electron chi connectivity index (χ1n) is 11.1. The minimum Gasteiger partial charge on any atom is -0.379 e. The highest BCUT2D eigenvalue weighted by Crippen LogP contribution is 2.14. The molecule has 0 bridgehead atoms. The molecule has 0 radical (unpaired) electrons. The van der Waals surface area contributed by atoms with Crippen molar-refractivity contribution in [2.45, 2.75) is 25.9 Å². The van der Waals surface area contributed by atoms with Crippen LogP contribution in [-0.4, -0.2) is 37.1 Å². The largest absolute Gasteiger partial charge is 0.379 e. The number of hydrogen-bond acceptors (Lipinski definition) is 3. The average Bonchev–Trinajstić information content (AvgIpc) is 2.83. The van der Waals surface area contributed by atoms with Gasteiger partial charge in [-0.25, -0.2) is 0 Å². The predicted octanol–water partition coefficient (Wildman–Crippen LogP) is 4.23. The zero-order chi connectivity index (χ0) is 21.3. The van der Waals surface area contributed by atoms with E-state index in [4.69, 9.17) is 4.74 Å². The number of amides is 1. The summed E-state index contributed by atoms with van der Waals surface area (Å²) in [5.74, 6) is -0.0118. The lowest BCUT2D eigenvalue weighted by Gasteiger charge is -2.26. The molecule has 3 aromatic rings. The normalized spacial score (nSPS) is 14.3. The van der Waals surface area contributed by atoms with Crippen molar-refractivity contribution in [2.75, 3.05) is 26.3 Å². The maximum atomic E-state index is 12.9. The first kappa shape index (κ1) is 21.3. The van der Waals surface area contributed by atoms with Gasteiger partial charge in [0.05, 0.1) is 13.2 Å². The third-order valence-electron chi connectivity index (χ3n) is 5.74. The summed E-state index contributed by atoms with van der Waals surface area (Å²) >= 11 is 0. The Morgan fingerprint density at radius 1 is 0.806 bits per heavy atom. The monoisotopic (exact) mass is 414 g/mol. The van der Waals surface area contributed by atoms with Crippen LogP contribution in [0.3, 0.4) is 0 Å². The summed E-state index contributed by atoms with van der Waals surface area (Å²) in [6.45, 7) is 5.01. The Kier molecular flexibility index (Phi) is 7.48. The fourth-order valence-electron chi connectivity index (χ4n) is 4.02. The van der Waals surface area contributed by atoms with Crippen molar-refractivity contribution in [3.8, 4) is 0 Å². The zero-order valence-electron chi connectivity index (χ0n) is 17.9. The molecule has 1 saturated heterocycles.